The number of fused-ring (bicyclic) bond motifs is 2. The van der Waals surface area contributed by atoms with Crippen LogP contribution in [0.15, 0.2) is 48.7 Å². The smallest absolute Gasteiger partial charge is 0.133 e. The number of aromatic nitrogens is 3. The number of halogens is 1. The summed E-state index contributed by atoms with van der Waals surface area (Å²) < 4.78 is 13.9. The first kappa shape index (κ1) is 12.9. The molecule has 22 heavy (non-hydrogen) atoms. The SMILES string of the molecule is OCc1nc2ccc(-c3cc(F)cc4cccnc34)cc2[nH]1. The number of nitrogens with zero attached hydrogens (tertiary/aromatic N) is 2. The predicted octanol–water partition coefficient (Wildman–Crippen LogP) is 3.41. The Morgan fingerprint density at radius 3 is 2.91 bits per heavy atom. The van der Waals surface area contributed by atoms with Crippen molar-refractivity contribution in [3.05, 3.63) is 60.3 Å². The van der Waals surface area contributed by atoms with E-state index >= 15 is 0 Å². The van der Waals surface area contributed by atoms with Crippen LogP contribution in [0.2, 0.25) is 0 Å². The predicted molar refractivity (Wildman–Crippen MR) is 82.7 cm³/mol. The van der Waals surface area contributed by atoms with Gasteiger partial charge < -0.3 is 10.1 Å². The van der Waals surface area contributed by atoms with Crippen molar-refractivity contribution >= 4 is 21.9 Å². The minimum atomic E-state index is -0.295. The first-order valence-corrected chi connectivity index (χ1v) is 6.89. The number of benzene rings is 2. The zero-order valence-corrected chi connectivity index (χ0v) is 11.5. The summed E-state index contributed by atoms with van der Waals surface area (Å²) in [4.78, 5) is 11.7. The summed E-state index contributed by atoms with van der Waals surface area (Å²) in [5.41, 5.74) is 3.91. The Morgan fingerprint density at radius 2 is 2.05 bits per heavy atom. The molecule has 0 radical (unpaired) electrons. The third-order valence-corrected chi connectivity index (χ3v) is 3.66. The molecule has 0 atom stereocenters. The molecular weight excluding hydrogens is 281 g/mol. The highest BCUT2D eigenvalue weighted by Crippen LogP contribution is 2.30. The number of H-pyrrole nitrogens is 1. The Bertz CT molecular complexity index is 994. The van der Waals surface area contributed by atoms with E-state index in [0.717, 1.165) is 33.1 Å². The van der Waals surface area contributed by atoms with Gasteiger partial charge in [-0.15, -0.1) is 0 Å². The molecule has 5 heteroatoms. The van der Waals surface area contributed by atoms with Gasteiger partial charge in [0.2, 0.25) is 0 Å². The van der Waals surface area contributed by atoms with Gasteiger partial charge in [0.15, 0.2) is 0 Å². The molecule has 4 nitrogen and oxygen atoms in total. The molecule has 2 aromatic heterocycles. The average Bonchev–Trinajstić information content (AvgIpc) is 2.96. The number of aliphatic hydroxyl groups is 1. The minimum Gasteiger partial charge on any atom is -0.388 e. The van der Waals surface area contributed by atoms with Crippen LogP contribution in [0.3, 0.4) is 0 Å². The standard InChI is InChI=1S/C17H12FN3O/c18-12-6-11-2-1-5-19-17(11)13(8-12)10-3-4-14-15(7-10)21-16(9-22)20-14/h1-8,22H,9H2,(H,20,21). The minimum absolute atomic E-state index is 0.144. The van der Waals surface area contributed by atoms with Gasteiger partial charge in [0.05, 0.1) is 16.6 Å². The molecule has 4 aromatic rings. The van der Waals surface area contributed by atoms with E-state index in [0.29, 0.717) is 5.82 Å². The van der Waals surface area contributed by atoms with Gasteiger partial charge >= 0.3 is 0 Å². The Hall–Kier alpha value is -2.79. The number of nitrogens with one attached hydrogen (secondary N) is 1. The third-order valence-electron chi connectivity index (χ3n) is 3.66. The molecule has 0 aliphatic rings. The number of aromatic amines is 1. The van der Waals surface area contributed by atoms with E-state index in [9.17, 15) is 4.39 Å². The molecule has 0 bridgehead atoms. The van der Waals surface area contributed by atoms with Crippen LogP contribution in [0.25, 0.3) is 33.1 Å². The Balaban J connectivity index is 1.98. The maximum atomic E-state index is 13.9. The molecule has 2 heterocycles. The molecule has 0 unspecified atom stereocenters. The largest absolute Gasteiger partial charge is 0.388 e. The maximum absolute atomic E-state index is 13.9. The molecule has 0 aliphatic carbocycles. The van der Waals surface area contributed by atoms with Crippen LogP contribution in [0.5, 0.6) is 0 Å². The van der Waals surface area contributed by atoms with Crippen molar-refractivity contribution in [1.82, 2.24) is 15.0 Å². The van der Waals surface area contributed by atoms with Crippen LogP contribution in [-0.4, -0.2) is 20.1 Å². The molecule has 0 fully saturated rings. The van der Waals surface area contributed by atoms with E-state index in [1.807, 2.05) is 24.3 Å². The fourth-order valence-electron chi connectivity index (χ4n) is 2.68. The van der Waals surface area contributed by atoms with Gasteiger partial charge in [-0.25, -0.2) is 9.37 Å². The summed E-state index contributed by atoms with van der Waals surface area (Å²) in [5, 5.41) is 9.91. The van der Waals surface area contributed by atoms with Crippen molar-refractivity contribution in [3.63, 3.8) is 0 Å². The maximum Gasteiger partial charge on any atom is 0.133 e. The summed E-state index contributed by atoms with van der Waals surface area (Å²) >= 11 is 0. The van der Waals surface area contributed by atoms with Gasteiger partial charge in [-0.2, -0.15) is 0 Å². The topological polar surface area (TPSA) is 61.8 Å². The van der Waals surface area contributed by atoms with Crippen LogP contribution in [-0.2, 0) is 6.61 Å². The van der Waals surface area contributed by atoms with Crippen LogP contribution in [0, 0.1) is 5.82 Å². The highest BCUT2D eigenvalue weighted by atomic mass is 19.1. The summed E-state index contributed by atoms with van der Waals surface area (Å²) in [6.07, 6.45) is 1.70. The number of hydrogen-bond acceptors (Lipinski definition) is 3. The molecule has 2 aromatic carbocycles. The fraction of sp³-hybridized carbons (Fsp3) is 0.0588. The molecule has 0 spiro atoms. The fourth-order valence-corrected chi connectivity index (χ4v) is 2.68. The van der Waals surface area contributed by atoms with Crippen molar-refractivity contribution < 1.29 is 9.50 Å². The van der Waals surface area contributed by atoms with Crippen molar-refractivity contribution in [2.45, 2.75) is 6.61 Å². The van der Waals surface area contributed by atoms with Crippen molar-refractivity contribution in [1.29, 1.82) is 0 Å². The molecule has 2 N–H and O–H groups in total. The summed E-state index contributed by atoms with van der Waals surface area (Å²) in [6, 6.07) is 12.2. The second-order valence-corrected chi connectivity index (χ2v) is 5.10. The van der Waals surface area contributed by atoms with Crippen LogP contribution >= 0.6 is 0 Å². The summed E-state index contributed by atoms with van der Waals surface area (Å²) in [5.74, 6) is 0.214. The lowest BCUT2D eigenvalue weighted by molar-refractivity contribution is 0.273. The zero-order valence-electron chi connectivity index (χ0n) is 11.5. The molecule has 0 amide bonds. The van der Waals surface area contributed by atoms with Crippen LogP contribution in [0.1, 0.15) is 5.82 Å². The van der Waals surface area contributed by atoms with Crippen molar-refractivity contribution in [3.8, 4) is 11.1 Å². The van der Waals surface area contributed by atoms with E-state index < -0.39 is 0 Å². The number of aliphatic hydroxyl groups excluding tert-OH is 1. The van der Waals surface area contributed by atoms with E-state index in [1.54, 1.807) is 12.3 Å². The second kappa shape index (κ2) is 4.89. The highest BCUT2D eigenvalue weighted by Gasteiger charge is 2.10. The first-order valence-electron chi connectivity index (χ1n) is 6.89. The van der Waals surface area contributed by atoms with Gasteiger partial charge in [-0.05, 0) is 35.9 Å². The Labute approximate surface area is 125 Å². The first-order chi connectivity index (χ1) is 10.7. The lowest BCUT2D eigenvalue weighted by atomic mass is 10.0. The molecule has 0 saturated heterocycles. The van der Waals surface area contributed by atoms with Crippen molar-refractivity contribution in [2.24, 2.45) is 0 Å². The number of rotatable bonds is 2. The van der Waals surface area contributed by atoms with Crippen molar-refractivity contribution in [2.75, 3.05) is 0 Å². The third kappa shape index (κ3) is 2.03. The quantitative estimate of drug-likeness (QED) is 0.595. The Kier molecular flexibility index (Phi) is 2.87. The summed E-state index contributed by atoms with van der Waals surface area (Å²) in [7, 11) is 0. The van der Waals surface area contributed by atoms with E-state index in [2.05, 4.69) is 15.0 Å². The van der Waals surface area contributed by atoms with E-state index in [1.165, 1.54) is 12.1 Å². The average molecular weight is 293 g/mol. The molecule has 0 saturated carbocycles. The normalized spacial score (nSPS) is 11.4. The van der Waals surface area contributed by atoms with Crippen LogP contribution < -0.4 is 0 Å². The van der Waals surface area contributed by atoms with Gasteiger partial charge in [-0.3, -0.25) is 4.98 Å². The molecule has 0 aliphatic heterocycles. The van der Waals surface area contributed by atoms with Gasteiger partial charge in [0, 0.05) is 17.1 Å². The van der Waals surface area contributed by atoms with E-state index in [-0.39, 0.29) is 12.4 Å². The summed E-state index contributed by atoms with van der Waals surface area (Å²) in [6.45, 7) is -0.144. The molecule has 4 rings (SSSR count). The molecule has 108 valence electrons. The molecular formula is C17H12FN3O. The number of pyridine rings is 1. The van der Waals surface area contributed by atoms with Gasteiger partial charge in [0.25, 0.3) is 0 Å². The zero-order chi connectivity index (χ0) is 15.1. The monoisotopic (exact) mass is 293 g/mol. The van der Waals surface area contributed by atoms with Crippen LogP contribution in [0.4, 0.5) is 4.39 Å². The second-order valence-electron chi connectivity index (χ2n) is 5.10. The number of imidazole rings is 1. The highest BCUT2D eigenvalue weighted by molar-refractivity contribution is 5.95. The van der Waals surface area contributed by atoms with Gasteiger partial charge in [-0.1, -0.05) is 12.1 Å². The lowest BCUT2D eigenvalue weighted by Crippen LogP contribution is -1.87. The number of hydrogen-bond donors (Lipinski definition) is 2. The van der Waals surface area contributed by atoms with Gasteiger partial charge in [0.1, 0.15) is 18.2 Å². The van der Waals surface area contributed by atoms with E-state index in [4.69, 9.17) is 5.11 Å². The lowest BCUT2D eigenvalue weighted by Gasteiger charge is -2.06. The Morgan fingerprint density at radius 1 is 1.14 bits per heavy atom.